The van der Waals surface area contributed by atoms with Crippen molar-refractivity contribution in [2.45, 2.75) is 16.7 Å². The summed E-state index contributed by atoms with van der Waals surface area (Å²) in [7, 11) is -1.28. The number of rotatable bonds is 5. The number of nitrogens with zero attached hydrogens (tertiary/aromatic N) is 1. The third kappa shape index (κ3) is 3.76. The van der Waals surface area contributed by atoms with Gasteiger partial charge in [-0.05, 0) is 24.9 Å². The van der Waals surface area contributed by atoms with Crippen molar-refractivity contribution in [2.75, 3.05) is 33.3 Å². The minimum atomic E-state index is -3.33. The van der Waals surface area contributed by atoms with Gasteiger partial charge in [0.05, 0.1) is 12.7 Å². The largest absolute Gasteiger partial charge is 0.376 e. The number of hydrogen-bond acceptors (Lipinski definition) is 5. The smallest absolute Gasteiger partial charge is 0.250 e. The van der Waals surface area contributed by atoms with Crippen LogP contribution in [0.15, 0.2) is 21.7 Å². The fourth-order valence-corrected chi connectivity index (χ4v) is 3.97. The normalized spacial score (nSPS) is 22.2. The van der Waals surface area contributed by atoms with Gasteiger partial charge in [0, 0.05) is 19.6 Å². The Morgan fingerprint density at radius 2 is 2.44 bits per heavy atom. The summed E-state index contributed by atoms with van der Waals surface area (Å²) >= 11 is 1.23. The van der Waals surface area contributed by atoms with Gasteiger partial charge in [-0.25, -0.2) is 13.1 Å². The molecule has 1 aromatic heterocycles. The molecule has 5 nitrogen and oxygen atoms in total. The van der Waals surface area contributed by atoms with Gasteiger partial charge in [-0.3, -0.25) is 0 Å². The van der Waals surface area contributed by atoms with Gasteiger partial charge in [0.2, 0.25) is 10.0 Å². The summed E-state index contributed by atoms with van der Waals surface area (Å²) in [5.74, 6) is 0. The summed E-state index contributed by atoms with van der Waals surface area (Å²) in [5.41, 5.74) is 0. The predicted octanol–water partition coefficient (Wildman–Crippen LogP) is 0.747. The molecule has 0 amide bonds. The van der Waals surface area contributed by atoms with Gasteiger partial charge in [-0.1, -0.05) is 6.07 Å². The second-order valence-corrected chi connectivity index (χ2v) is 7.32. The van der Waals surface area contributed by atoms with Gasteiger partial charge in [0.15, 0.2) is 0 Å². The van der Waals surface area contributed by atoms with Crippen molar-refractivity contribution in [2.24, 2.45) is 0 Å². The van der Waals surface area contributed by atoms with E-state index in [-0.39, 0.29) is 6.10 Å². The van der Waals surface area contributed by atoms with Gasteiger partial charge in [-0.2, -0.15) is 0 Å². The van der Waals surface area contributed by atoms with Crippen LogP contribution in [0.1, 0.15) is 6.42 Å². The minimum Gasteiger partial charge on any atom is -0.376 e. The molecule has 0 radical (unpaired) electrons. The van der Waals surface area contributed by atoms with Crippen LogP contribution in [-0.4, -0.2) is 52.7 Å². The summed E-state index contributed by atoms with van der Waals surface area (Å²) in [4.78, 5) is 2.20. The SMILES string of the molecule is CN1CCOC(CCNS(=O)(=O)c2cccs2)C1. The highest BCUT2D eigenvalue weighted by Crippen LogP contribution is 2.15. The summed E-state index contributed by atoms with van der Waals surface area (Å²) < 4.78 is 32.2. The molecule has 18 heavy (non-hydrogen) atoms. The lowest BCUT2D eigenvalue weighted by molar-refractivity contribution is -0.0222. The van der Waals surface area contributed by atoms with Gasteiger partial charge in [-0.15, -0.1) is 11.3 Å². The van der Waals surface area contributed by atoms with Crippen molar-refractivity contribution in [1.82, 2.24) is 9.62 Å². The van der Waals surface area contributed by atoms with Crippen molar-refractivity contribution in [1.29, 1.82) is 0 Å². The van der Waals surface area contributed by atoms with Gasteiger partial charge < -0.3 is 9.64 Å². The molecule has 0 aromatic carbocycles. The molecule has 1 unspecified atom stereocenters. The molecule has 2 rings (SSSR count). The number of morpholine rings is 1. The molecule has 1 atom stereocenters. The van der Waals surface area contributed by atoms with Crippen LogP contribution in [-0.2, 0) is 14.8 Å². The molecule has 1 fully saturated rings. The van der Waals surface area contributed by atoms with E-state index >= 15 is 0 Å². The highest BCUT2D eigenvalue weighted by molar-refractivity contribution is 7.91. The molecule has 1 aliphatic heterocycles. The van der Waals surface area contributed by atoms with Crippen molar-refractivity contribution < 1.29 is 13.2 Å². The van der Waals surface area contributed by atoms with Crippen molar-refractivity contribution in [3.05, 3.63) is 17.5 Å². The monoisotopic (exact) mass is 290 g/mol. The lowest BCUT2D eigenvalue weighted by atomic mass is 10.2. The molecule has 1 N–H and O–H groups in total. The Morgan fingerprint density at radius 3 is 3.11 bits per heavy atom. The standard InChI is InChI=1S/C11H18N2O3S2/c1-13-6-7-16-10(9-13)4-5-12-18(14,15)11-3-2-8-17-11/h2-3,8,10,12H,4-7,9H2,1H3. The second kappa shape index (κ2) is 6.12. The third-order valence-electron chi connectivity index (χ3n) is 2.86. The van der Waals surface area contributed by atoms with Crippen molar-refractivity contribution in [3.8, 4) is 0 Å². The molecule has 7 heteroatoms. The molecular weight excluding hydrogens is 272 g/mol. The maximum absolute atomic E-state index is 11.8. The van der Waals surface area contributed by atoms with E-state index < -0.39 is 10.0 Å². The Morgan fingerprint density at radius 1 is 1.61 bits per heavy atom. The number of thiophene rings is 1. The second-order valence-electron chi connectivity index (χ2n) is 4.37. The molecule has 0 bridgehead atoms. The maximum atomic E-state index is 11.8. The lowest BCUT2D eigenvalue weighted by Crippen LogP contribution is -2.41. The van der Waals surface area contributed by atoms with Gasteiger partial charge >= 0.3 is 0 Å². The Labute approximate surface area is 112 Å². The van der Waals surface area contributed by atoms with E-state index in [0.717, 1.165) is 19.7 Å². The Hall–Kier alpha value is -0.470. The first-order valence-electron chi connectivity index (χ1n) is 5.91. The summed E-state index contributed by atoms with van der Waals surface area (Å²) in [6, 6.07) is 3.34. The van der Waals surface area contributed by atoms with E-state index in [9.17, 15) is 8.42 Å². The van der Waals surface area contributed by atoms with Crippen molar-refractivity contribution in [3.63, 3.8) is 0 Å². The first-order chi connectivity index (χ1) is 8.58. The highest BCUT2D eigenvalue weighted by Gasteiger charge is 2.19. The molecule has 1 saturated heterocycles. The number of sulfonamides is 1. The highest BCUT2D eigenvalue weighted by atomic mass is 32.2. The average molecular weight is 290 g/mol. The number of hydrogen-bond donors (Lipinski definition) is 1. The van der Waals surface area contributed by atoms with Crippen LogP contribution in [0.4, 0.5) is 0 Å². The molecule has 1 aliphatic rings. The maximum Gasteiger partial charge on any atom is 0.250 e. The molecule has 0 aliphatic carbocycles. The van der Waals surface area contributed by atoms with E-state index in [2.05, 4.69) is 9.62 Å². The molecule has 0 saturated carbocycles. The Balaban J connectivity index is 1.78. The van der Waals surface area contributed by atoms with Crippen LogP contribution in [0.25, 0.3) is 0 Å². The topological polar surface area (TPSA) is 58.6 Å². The van der Waals surface area contributed by atoms with Gasteiger partial charge in [0.1, 0.15) is 4.21 Å². The summed E-state index contributed by atoms with van der Waals surface area (Å²) in [5, 5.41) is 1.76. The lowest BCUT2D eigenvalue weighted by Gasteiger charge is -2.30. The van der Waals surface area contributed by atoms with E-state index in [1.54, 1.807) is 17.5 Å². The number of likely N-dealkylation sites (N-methyl/N-ethyl adjacent to an activating group) is 1. The zero-order valence-electron chi connectivity index (χ0n) is 10.3. The Bertz CT molecular complexity index is 459. The molecule has 1 aromatic rings. The minimum absolute atomic E-state index is 0.120. The third-order valence-corrected chi connectivity index (χ3v) is 5.72. The van der Waals surface area contributed by atoms with Crippen LogP contribution in [0.2, 0.25) is 0 Å². The molecule has 102 valence electrons. The quantitative estimate of drug-likeness (QED) is 0.869. The fourth-order valence-electron chi connectivity index (χ4n) is 1.88. The van der Waals surface area contributed by atoms with Crippen LogP contribution in [0, 0.1) is 0 Å². The first kappa shape index (κ1) is 14.0. The predicted molar refractivity (Wildman–Crippen MR) is 71.4 cm³/mol. The summed E-state index contributed by atoms with van der Waals surface area (Å²) in [6.45, 7) is 2.94. The van der Waals surface area contributed by atoms with Gasteiger partial charge in [0.25, 0.3) is 0 Å². The van der Waals surface area contributed by atoms with E-state index in [1.807, 2.05) is 7.05 Å². The van der Waals surface area contributed by atoms with E-state index in [1.165, 1.54) is 11.3 Å². The van der Waals surface area contributed by atoms with Crippen LogP contribution >= 0.6 is 11.3 Å². The van der Waals surface area contributed by atoms with Crippen LogP contribution in [0.5, 0.6) is 0 Å². The van der Waals surface area contributed by atoms with Crippen LogP contribution < -0.4 is 4.72 Å². The molecular formula is C11H18N2O3S2. The number of ether oxygens (including phenoxy) is 1. The zero-order chi connectivity index (χ0) is 13.0. The van der Waals surface area contributed by atoms with Crippen LogP contribution in [0.3, 0.4) is 0 Å². The van der Waals surface area contributed by atoms with E-state index in [4.69, 9.17) is 4.74 Å². The number of nitrogens with one attached hydrogen (secondary N) is 1. The van der Waals surface area contributed by atoms with Crippen molar-refractivity contribution >= 4 is 21.4 Å². The zero-order valence-corrected chi connectivity index (χ0v) is 12.0. The molecule has 2 heterocycles. The summed E-state index contributed by atoms with van der Waals surface area (Å²) in [6.07, 6.45) is 0.823. The van der Waals surface area contributed by atoms with E-state index in [0.29, 0.717) is 17.2 Å². The fraction of sp³-hybridized carbons (Fsp3) is 0.636. The first-order valence-corrected chi connectivity index (χ1v) is 8.27. The Kier molecular flexibility index (Phi) is 4.74. The average Bonchev–Trinajstić information content (AvgIpc) is 2.83. The molecule has 0 spiro atoms.